The molecule has 0 saturated heterocycles. The minimum absolute atomic E-state index is 0.247. The van der Waals surface area contributed by atoms with Crippen molar-refractivity contribution in [1.29, 1.82) is 0 Å². The van der Waals surface area contributed by atoms with Gasteiger partial charge in [0.1, 0.15) is 0 Å². The van der Waals surface area contributed by atoms with Gasteiger partial charge in [0, 0.05) is 24.2 Å². The Morgan fingerprint density at radius 2 is 1.65 bits per heavy atom. The zero-order valence-electron chi connectivity index (χ0n) is 13.0. The van der Waals surface area contributed by atoms with E-state index < -0.39 is 0 Å². The number of benzene rings is 3. The minimum atomic E-state index is 0.247. The fourth-order valence-electron chi connectivity index (χ4n) is 2.84. The largest absolute Gasteiger partial charge is 0.329 e. The van der Waals surface area contributed by atoms with E-state index in [0.29, 0.717) is 6.54 Å². The maximum absolute atomic E-state index is 5.97. The van der Waals surface area contributed by atoms with Gasteiger partial charge >= 0.3 is 0 Å². The topological polar surface area (TPSA) is 38.0 Å². The third kappa shape index (κ3) is 4.11. The van der Waals surface area contributed by atoms with Crippen LogP contribution in [0.5, 0.6) is 0 Å². The first-order valence-corrected chi connectivity index (χ1v) is 8.28. The molecule has 3 N–H and O–H groups in total. The molecule has 0 amide bonds. The molecule has 0 spiro atoms. The molecule has 3 aromatic rings. The predicted molar refractivity (Wildman–Crippen MR) is 98.8 cm³/mol. The fraction of sp³-hybridized carbons (Fsp3) is 0.200. The first-order valence-electron chi connectivity index (χ1n) is 7.91. The van der Waals surface area contributed by atoms with Gasteiger partial charge in [-0.3, -0.25) is 0 Å². The third-order valence-corrected chi connectivity index (χ3v) is 4.39. The van der Waals surface area contributed by atoms with Crippen LogP contribution in [0.1, 0.15) is 11.1 Å². The summed E-state index contributed by atoms with van der Waals surface area (Å²) in [4.78, 5) is 0. The molecule has 0 aliphatic carbocycles. The molecule has 2 nitrogen and oxygen atoms in total. The van der Waals surface area contributed by atoms with Crippen LogP contribution in [0.15, 0.2) is 66.7 Å². The molecule has 3 aromatic carbocycles. The lowest BCUT2D eigenvalue weighted by atomic mass is 9.98. The maximum Gasteiger partial charge on any atom is 0.0406 e. The van der Waals surface area contributed by atoms with E-state index in [-0.39, 0.29) is 6.04 Å². The Balaban J connectivity index is 1.70. The lowest BCUT2D eigenvalue weighted by Crippen LogP contribution is -2.37. The minimum Gasteiger partial charge on any atom is -0.329 e. The number of fused-ring (bicyclic) bond motifs is 1. The molecule has 118 valence electrons. The SMILES string of the molecule is NCC(Cc1cccc2ccccc12)NCc1ccc(Cl)cc1. The molecule has 0 aliphatic heterocycles. The molecule has 0 saturated carbocycles. The van der Waals surface area contributed by atoms with Gasteiger partial charge in [-0.05, 0) is 40.5 Å². The highest BCUT2D eigenvalue weighted by atomic mass is 35.5. The van der Waals surface area contributed by atoms with Crippen molar-refractivity contribution < 1.29 is 0 Å². The third-order valence-electron chi connectivity index (χ3n) is 4.14. The molecule has 3 rings (SSSR count). The van der Waals surface area contributed by atoms with Crippen LogP contribution in [0.25, 0.3) is 10.8 Å². The molecule has 0 bridgehead atoms. The van der Waals surface area contributed by atoms with Gasteiger partial charge in [0.05, 0.1) is 0 Å². The molecule has 1 unspecified atom stereocenters. The van der Waals surface area contributed by atoms with E-state index in [1.807, 2.05) is 24.3 Å². The van der Waals surface area contributed by atoms with Crippen molar-refractivity contribution >= 4 is 22.4 Å². The summed E-state index contributed by atoms with van der Waals surface area (Å²) in [6.45, 7) is 1.40. The van der Waals surface area contributed by atoms with Gasteiger partial charge < -0.3 is 11.1 Å². The molecule has 1 atom stereocenters. The van der Waals surface area contributed by atoms with Gasteiger partial charge in [0.15, 0.2) is 0 Å². The van der Waals surface area contributed by atoms with E-state index >= 15 is 0 Å². The summed E-state index contributed by atoms with van der Waals surface area (Å²) in [5.74, 6) is 0. The lowest BCUT2D eigenvalue weighted by Gasteiger charge is -2.18. The normalized spacial score (nSPS) is 12.4. The summed E-state index contributed by atoms with van der Waals surface area (Å²) in [6.07, 6.45) is 0.922. The number of hydrogen-bond donors (Lipinski definition) is 2. The Bertz CT molecular complexity index is 763. The number of nitrogens with one attached hydrogen (secondary N) is 1. The summed E-state index contributed by atoms with van der Waals surface area (Å²) in [5, 5.41) is 6.90. The molecule has 0 radical (unpaired) electrons. The second-order valence-electron chi connectivity index (χ2n) is 5.78. The molecular weight excluding hydrogens is 304 g/mol. The summed E-state index contributed by atoms with van der Waals surface area (Å²) >= 11 is 5.92. The van der Waals surface area contributed by atoms with E-state index in [2.05, 4.69) is 47.8 Å². The van der Waals surface area contributed by atoms with Crippen LogP contribution in [0, 0.1) is 0 Å². The van der Waals surface area contributed by atoms with E-state index in [1.54, 1.807) is 0 Å². The van der Waals surface area contributed by atoms with E-state index in [4.69, 9.17) is 17.3 Å². The van der Waals surface area contributed by atoms with Crippen LogP contribution < -0.4 is 11.1 Å². The van der Waals surface area contributed by atoms with Crippen molar-refractivity contribution in [2.24, 2.45) is 5.73 Å². The van der Waals surface area contributed by atoms with Crippen LogP contribution in [0.4, 0.5) is 0 Å². The van der Waals surface area contributed by atoms with Gasteiger partial charge in [-0.15, -0.1) is 0 Å². The second kappa shape index (κ2) is 7.60. The molecule has 0 aliphatic rings. The van der Waals surface area contributed by atoms with E-state index in [1.165, 1.54) is 21.9 Å². The van der Waals surface area contributed by atoms with Crippen LogP contribution in [-0.4, -0.2) is 12.6 Å². The van der Waals surface area contributed by atoms with Crippen LogP contribution >= 0.6 is 11.6 Å². The molecule has 0 heterocycles. The molecule has 0 aromatic heterocycles. The average molecular weight is 325 g/mol. The summed E-state index contributed by atoms with van der Waals surface area (Å²) < 4.78 is 0. The first kappa shape index (κ1) is 16.0. The Morgan fingerprint density at radius 3 is 2.43 bits per heavy atom. The number of nitrogens with two attached hydrogens (primary N) is 1. The molecule has 23 heavy (non-hydrogen) atoms. The molecule has 0 fully saturated rings. The Labute approximate surface area is 142 Å². The summed E-state index contributed by atoms with van der Waals surface area (Å²) in [7, 11) is 0. The summed E-state index contributed by atoms with van der Waals surface area (Å²) in [6, 6.07) is 23.1. The van der Waals surface area contributed by atoms with Crippen molar-refractivity contribution in [3.05, 3.63) is 82.9 Å². The van der Waals surface area contributed by atoms with Crippen molar-refractivity contribution in [2.75, 3.05) is 6.54 Å². The smallest absolute Gasteiger partial charge is 0.0406 e. The van der Waals surface area contributed by atoms with Gasteiger partial charge in [-0.25, -0.2) is 0 Å². The number of halogens is 1. The summed E-state index contributed by atoms with van der Waals surface area (Å²) in [5.41, 5.74) is 8.52. The standard InChI is InChI=1S/C20H21ClN2/c21-18-10-8-15(9-11-18)14-23-19(13-22)12-17-6-3-5-16-4-1-2-7-20(16)17/h1-11,19,23H,12-14,22H2. The predicted octanol–water partition coefficient (Wildman–Crippen LogP) is 4.15. The highest BCUT2D eigenvalue weighted by Gasteiger charge is 2.09. The molecular formula is C20H21ClN2. The second-order valence-corrected chi connectivity index (χ2v) is 6.22. The Hall–Kier alpha value is -1.87. The lowest BCUT2D eigenvalue weighted by molar-refractivity contribution is 0.517. The number of hydrogen-bond acceptors (Lipinski definition) is 2. The van der Waals surface area contributed by atoms with E-state index in [0.717, 1.165) is 18.0 Å². The number of rotatable bonds is 6. The quantitative estimate of drug-likeness (QED) is 0.714. The average Bonchev–Trinajstić information content (AvgIpc) is 2.60. The highest BCUT2D eigenvalue weighted by Crippen LogP contribution is 2.19. The zero-order chi connectivity index (χ0) is 16.1. The van der Waals surface area contributed by atoms with Gasteiger partial charge in [-0.1, -0.05) is 66.2 Å². The monoisotopic (exact) mass is 324 g/mol. The molecule has 3 heteroatoms. The zero-order valence-corrected chi connectivity index (χ0v) is 13.8. The van der Waals surface area contributed by atoms with Crippen molar-refractivity contribution in [3.63, 3.8) is 0 Å². The van der Waals surface area contributed by atoms with Crippen LogP contribution in [-0.2, 0) is 13.0 Å². The first-order chi connectivity index (χ1) is 11.3. The highest BCUT2D eigenvalue weighted by molar-refractivity contribution is 6.30. The van der Waals surface area contributed by atoms with Gasteiger partial charge in [0.2, 0.25) is 0 Å². The maximum atomic E-state index is 5.97. The Kier molecular flexibility index (Phi) is 5.29. The van der Waals surface area contributed by atoms with Crippen molar-refractivity contribution in [2.45, 2.75) is 19.0 Å². The van der Waals surface area contributed by atoms with Crippen molar-refractivity contribution in [3.8, 4) is 0 Å². The van der Waals surface area contributed by atoms with Crippen LogP contribution in [0.3, 0.4) is 0 Å². The van der Waals surface area contributed by atoms with Gasteiger partial charge in [-0.2, -0.15) is 0 Å². The van der Waals surface area contributed by atoms with Gasteiger partial charge in [0.25, 0.3) is 0 Å². The fourth-order valence-corrected chi connectivity index (χ4v) is 2.97. The van der Waals surface area contributed by atoms with Crippen LogP contribution in [0.2, 0.25) is 5.02 Å². The van der Waals surface area contributed by atoms with Crippen molar-refractivity contribution in [1.82, 2.24) is 5.32 Å². The Morgan fingerprint density at radius 1 is 0.913 bits per heavy atom. The van der Waals surface area contributed by atoms with E-state index in [9.17, 15) is 0 Å².